The SMILES string of the molecule is CCCNCc1ncn(Cc2ncnn2CCC)n1. The molecule has 104 valence electrons. The molecule has 2 rings (SSSR count). The van der Waals surface area contributed by atoms with Gasteiger partial charge in [0.25, 0.3) is 0 Å². The van der Waals surface area contributed by atoms with Crippen LogP contribution in [-0.2, 0) is 19.6 Å². The van der Waals surface area contributed by atoms with E-state index in [-0.39, 0.29) is 0 Å². The lowest BCUT2D eigenvalue weighted by molar-refractivity contribution is 0.535. The van der Waals surface area contributed by atoms with Gasteiger partial charge in [-0.3, -0.25) is 0 Å². The molecule has 7 nitrogen and oxygen atoms in total. The van der Waals surface area contributed by atoms with Gasteiger partial charge in [0, 0.05) is 6.54 Å². The number of hydrogen-bond acceptors (Lipinski definition) is 5. The summed E-state index contributed by atoms with van der Waals surface area (Å²) in [5.74, 6) is 1.73. The topological polar surface area (TPSA) is 73.5 Å². The maximum absolute atomic E-state index is 4.42. The molecule has 0 radical (unpaired) electrons. The Morgan fingerprint density at radius 2 is 2.11 bits per heavy atom. The molecule has 0 aliphatic heterocycles. The third-order valence-corrected chi connectivity index (χ3v) is 2.73. The van der Waals surface area contributed by atoms with Crippen LogP contribution in [0.5, 0.6) is 0 Å². The Morgan fingerprint density at radius 1 is 1.21 bits per heavy atom. The minimum atomic E-state index is 0.612. The van der Waals surface area contributed by atoms with Gasteiger partial charge in [-0.15, -0.1) is 0 Å². The van der Waals surface area contributed by atoms with Crippen molar-refractivity contribution in [3.05, 3.63) is 24.3 Å². The van der Waals surface area contributed by atoms with E-state index in [2.05, 4.69) is 39.3 Å². The molecule has 1 N–H and O–H groups in total. The average Bonchev–Trinajstić information content (AvgIpc) is 3.02. The summed E-state index contributed by atoms with van der Waals surface area (Å²) >= 11 is 0. The predicted octanol–water partition coefficient (Wildman–Crippen LogP) is 0.827. The van der Waals surface area contributed by atoms with Gasteiger partial charge in [0.15, 0.2) is 5.82 Å². The summed E-state index contributed by atoms with van der Waals surface area (Å²) < 4.78 is 3.72. The molecule has 0 fully saturated rings. The van der Waals surface area contributed by atoms with Gasteiger partial charge in [-0.05, 0) is 19.4 Å². The second-order valence-corrected chi connectivity index (χ2v) is 4.43. The summed E-state index contributed by atoms with van der Waals surface area (Å²) in [5, 5.41) is 11.9. The maximum Gasteiger partial charge on any atom is 0.164 e. The van der Waals surface area contributed by atoms with Gasteiger partial charge in [-0.2, -0.15) is 10.2 Å². The normalized spacial score (nSPS) is 11.1. The number of rotatable bonds is 8. The van der Waals surface area contributed by atoms with E-state index in [0.717, 1.165) is 37.6 Å². The summed E-state index contributed by atoms with van der Waals surface area (Å²) in [4.78, 5) is 8.54. The Labute approximate surface area is 113 Å². The molecular formula is C12H21N7. The summed E-state index contributed by atoms with van der Waals surface area (Å²) in [7, 11) is 0. The average molecular weight is 263 g/mol. The first-order valence-corrected chi connectivity index (χ1v) is 6.79. The fraction of sp³-hybridized carbons (Fsp3) is 0.667. The van der Waals surface area contributed by atoms with E-state index in [1.54, 1.807) is 17.3 Å². The van der Waals surface area contributed by atoms with Gasteiger partial charge < -0.3 is 5.32 Å². The van der Waals surface area contributed by atoms with Gasteiger partial charge in [-0.1, -0.05) is 13.8 Å². The van der Waals surface area contributed by atoms with Crippen LogP contribution in [0.1, 0.15) is 38.3 Å². The first kappa shape index (κ1) is 13.7. The van der Waals surface area contributed by atoms with Crippen LogP contribution in [-0.4, -0.2) is 36.1 Å². The number of hydrogen-bond donors (Lipinski definition) is 1. The number of nitrogens with zero attached hydrogens (tertiary/aromatic N) is 6. The van der Waals surface area contributed by atoms with Crippen molar-refractivity contribution in [2.24, 2.45) is 0 Å². The Hall–Kier alpha value is -1.76. The van der Waals surface area contributed by atoms with E-state index in [1.165, 1.54) is 0 Å². The summed E-state index contributed by atoms with van der Waals surface area (Å²) in [5.41, 5.74) is 0. The van der Waals surface area contributed by atoms with Crippen LogP contribution >= 0.6 is 0 Å². The van der Waals surface area contributed by atoms with Crippen molar-refractivity contribution in [3.63, 3.8) is 0 Å². The molecule has 0 aliphatic rings. The van der Waals surface area contributed by atoms with Crippen molar-refractivity contribution in [2.45, 2.75) is 46.3 Å². The van der Waals surface area contributed by atoms with E-state index >= 15 is 0 Å². The van der Waals surface area contributed by atoms with Crippen LogP contribution in [0, 0.1) is 0 Å². The van der Waals surface area contributed by atoms with Crippen molar-refractivity contribution in [1.82, 2.24) is 34.8 Å². The Balaban J connectivity index is 1.93. The molecule has 0 unspecified atom stereocenters. The van der Waals surface area contributed by atoms with Gasteiger partial charge in [0.2, 0.25) is 0 Å². The lowest BCUT2D eigenvalue weighted by Crippen LogP contribution is -2.15. The van der Waals surface area contributed by atoms with Crippen LogP contribution in [0.25, 0.3) is 0 Å². The smallest absolute Gasteiger partial charge is 0.164 e. The van der Waals surface area contributed by atoms with Gasteiger partial charge in [0.05, 0.1) is 6.54 Å². The summed E-state index contributed by atoms with van der Waals surface area (Å²) in [6.45, 7) is 7.45. The molecule has 2 aromatic rings. The van der Waals surface area contributed by atoms with E-state index < -0.39 is 0 Å². The molecule has 0 aromatic carbocycles. The van der Waals surface area contributed by atoms with Crippen LogP contribution in [0.4, 0.5) is 0 Å². The zero-order valence-corrected chi connectivity index (χ0v) is 11.6. The van der Waals surface area contributed by atoms with Gasteiger partial charge >= 0.3 is 0 Å². The number of aromatic nitrogens is 6. The molecule has 19 heavy (non-hydrogen) atoms. The fourth-order valence-electron chi connectivity index (χ4n) is 1.82. The van der Waals surface area contributed by atoms with E-state index in [9.17, 15) is 0 Å². The third kappa shape index (κ3) is 3.85. The highest BCUT2D eigenvalue weighted by Gasteiger charge is 2.06. The molecule has 0 amide bonds. The molecule has 2 aromatic heterocycles. The minimum absolute atomic E-state index is 0.612. The predicted molar refractivity (Wildman–Crippen MR) is 71.4 cm³/mol. The monoisotopic (exact) mass is 263 g/mol. The van der Waals surface area contributed by atoms with Gasteiger partial charge in [-0.25, -0.2) is 19.3 Å². The lowest BCUT2D eigenvalue weighted by Gasteiger charge is -2.03. The second kappa shape index (κ2) is 6.98. The van der Waals surface area contributed by atoms with Crippen molar-refractivity contribution >= 4 is 0 Å². The fourth-order valence-corrected chi connectivity index (χ4v) is 1.82. The molecular weight excluding hydrogens is 242 g/mol. The van der Waals surface area contributed by atoms with Crippen LogP contribution in [0.15, 0.2) is 12.7 Å². The molecule has 0 saturated heterocycles. The largest absolute Gasteiger partial charge is 0.310 e. The number of aryl methyl sites for hydroxylation is 1. The maximum atomic E-state index is 4.42. The second-order valence-electron chi connectivity index (χ2n) is 4.43. The molecule has 0 bridgehead atoms. The molecule has 0 spiro atoms. The highest BCUT2D eigenvalue weighted by molar-refractivity contribution is 4.88. The summed E-state index contributed by atoms with van der Waals surface area (Å²) in [6, 6.07) is 0. The van der Waals surface area contributed by atoms with Crippen LogP contribution < -0.4 is 5.32 Å². The van der Waals surface area contributed by atoms with E-state index in [4.69, 9.17) is 0 Å². The summed E-state index contributed by atoms with van der Waals surface area (Å²) in [6.07, 6.45) is 5.49. The first-order chi connectivity index (χ1) is 9.33. The Morgan fingerprint density at radius 3 is 2.89 bits per heavy atom. The van der Waals surface area contributed by atoms with Crippen molar-refractivity contribution < 1.29 is 0 Å². The highest BCUT2D eigenvalue weighted by Crippen LogP contribution is 1.99. The Bertz CT molecular complexity index is 488. The standard InChI is InChI=1S/C12H21N7/c1-3-5-13-7-11-15-10-18(17-11)8-12-14-9-16-19(12)6-4-2/h9-10,13H,3-8H2,1-2H3. The van der Waals surface area contributed by atoms with Crippen molar-refractivity contribution in [2.75, 3.05) is 6.54 Å². The Kier molecular flexibility index (Phi) is 5.02. The molecule has 0 atom stereocenters. The van der Waals surface area contributed by atoms with Crippen LogP contribution in [0.2, 0.25) is 0 Å². The van der Waals surface area contributed by atoms with E-state index in [1.807, 2.05) is 4.68 Å². The third-order valence-electron chi connectivity index (χ3n) is 2.73. The van der Waals surface area contributed by atoms with Crippen molar-refractivity contribution in [1.29, 1.82) is 0 Å². The van der Waals surface area contributed by atoms with Gasteiger partial charge in [0.1, 0.15) is 25.0 Å². The van der Waals surface area contributed by atoms with Crippen LogP contribution in [0.3, 0.4) is 0 Å². The van der Waals surface area contributed by atoms with Crippen molar-refractivity contribution in [3.8, 4) is 0 Å². The molecule has 0 aliphatic carbocycles. The number of nitrogens with one attached hydrogen (secondary N) is 1. The minimum Gasteiger partial charge on any atom is -0.310 e. The van der Waals surface area contributed by atoms with E-state index in [0.29, 0.717) is 13.1 Å². The quantitative estimate of drug-likeness (QED) is 0.714. The molecule has 7 heteroatoms. The lowest BCUT2D eigenvalue weighted by atomic mass is 10.4. The zero-order chi connectivity index (χ0) is 13.5. The molecule has 2 heterocycles. The zero-order valence-electron chi connectivity index (χ0n) is 11.6. The highest BCUT2D eigenvalue weighted by atomic mass is 15.4. The first-order valence-electron chi connectivity index (χ1n) is 6.79. The molecule has 0 saturated carbocycles.